The van der Waals surface area contributed by atoms with Crippen LogP contribution in [0, 0.1) is 0 Å². The third-order valence-electron chi connectivity index (χ3n) is 1.14. The van der Waals surface area contributed by atoms with E-state index in [0.29, 0.717) is 10.7 Å². The fraction of sp³-hybridized carbons (Fsp3) is 0.143. The standard InChI is InChI=1S/C7H7BN2S2/c1-4(11)3-5-6(9-2)10-7(8)12-5/h3,11H,2H2,1H3/b4-3+. The van der Waals surface area contributed by atoms with Crippen molar-refractivity contribution in [2.75, 3.05) is 0 Å². The van der Waals surface area contributed by atoms with E-state index in [4.69, 9.17) is 7.85 Å². The van der Waals surface area contributed by atoms with Gasteiger partial charge in [-0.2, -0.15) is 0 Å². The van der Waals surface area contributed by atoms with Gasteiger partial charge >= 0.3 is 0 Å². The van der Waals surface area contributed by atoms with Crippen molar-refractivity contribution in [3.05, 3.63) is 9.78 Å². The second-order valence-electron chi connectivity index (χ2n) is 2.18. The molecular formula is C7H7BN2S2. The Morgan fingerprint density at radius 2 is 2.50 bits per heavy atom. The SMILES string of the molecule is [B]c1nc(N=C)c(/C=C(\C)S)s1. The highest BCUT2D eigenvalue weighted by Gasteiger charge is 2.03. The van der Waals surface area contributed by atoms with Gasteiger partial charge in [-0.1, -0.05) is 0 Å². The van der Waals surface area contributed by atoms with E-state index in [1.165, 1.54) is 11.3 Å². The van der Waals surface area contributed by atoms with Gasteiger partial charge in [-0.15, -0.1) is 24.0 Å². The number of aromatic nitrogens is 1. The Labute approximate surface area is 82.3 Å². The van der Waals surface area contributed by atoms with Crippen molar-refractivity contribution in [2.45, 2.75) is 6.92 Å². The first-order valence-electron chi connectivity index (χ1n) is 3.23. The molecule has 0 saturated heterocycles. The van der Waals surface area contributed by atoms with E-state index < -0.39 is 0 Å². The van der Waals surface area contributed by atoms with Crippen molar-refractivity contribution >= 4 is 55.3 Å². The predicted octanol–water partition coefficient (Wildman–Crippen LogP) is 1.56. The first-order chi connectivity index (χ1) is 5.63. The van der Waals surface area contributed by atoms with E-state index in [0.717, 1.165) is 9.78 Å². The fourth-order valence-corrected chi connectivity index (χ4v) is 1.75. The molecule has 60 valence electrons. The van der Waals surface area contributed by atoms with Gasteiger partial charge in [0.25, 0.3) is 0 Å². The summed E-state index contributed by atoms with van der Waals surface area (Å²) in [6.07, 6.45) is 1.86. The van der Waals surface area contributed by atoms with E-state index >= 15 is 0 Å². The summed E-state index contributed by atoms with van der Waals surface area (Å²) in [7, 11) is 5.50. The van der Waals surface area contributed by atoms with Crippen LogP contribution >= 0.6 is 24.0 Å². The molecule has 1 aromatic rings. The molecule has 1 aromatic heterocycles. The van der Waals surface area contributed by atoms with Gasteiger partial charge in [0.05, 0.1) is 4.88 Å². The molecule has 1 rings (SSSR count). The Bertz CT molecular complexity index is 326. The molecule has 2 radical (unpaired) electrons. The molecule has 0 atom stereocenters. The highest BCUT2D eigenvalue weighted by molar-refractivity contribution is 7.84. The summed E-state index contributed by atoms with van der Waals surface area (Å²) in [6, 6.07) is 0. The largest absolute Gasteiger partial charge is 0.244 e. The maximum absolute atomic E-state index is 5.50. The first kappa shape index (κ1) is 9.54. The zero-order valence-electron chi connectivity index (χ0n) is 6.61. The highest BCUT2D eigenvalue weighted by atomic mass is 32.1. The minimum absolute atomic E-state index is 0.498. The lowest BCUT2D eigenvalue weighted by molar-refractivity contribution is 1.38. The number of thiazole rings is 1. The summed E-state index contributed by atoms with van der Waals surface area (Å²) < 4.78 is 0. The van der Waals surface area contributed by atoms with Crippen LogP contribution in [0.4, 0.5) is 5.82 Å². The summed E-state index contributed by atoms with van der Waals surface area (Å²) in [6.45, 7) is 5.28. The van der Waals surface area contributed by atoms with Gasteiger partial charge in [0.1, 0.15) is 0 Å². The van der Waals surface area contributed by atoms with E-state index in [-0.39, 0.29) is 0 Å². The molecule has 0 aliphatic heterocycles. The van der Waals surface area contributed by atoms with Crippen molar-refractivity contribution in [2.24, 2.45) is 4.99 Å². The molecule has 0 fully saturated rings. The highest BCUT2D eigenvalue weighted by Crippen LogP contribution is 2.22. The molecule has 0 saturated carbocycles. The monoisotopic (exact) mass is 194 g/mol. The number of rotatable bonds is 2. The van der Waals surface area contributed by atoms with Crippen LogP contribution in [0.5, 0.6) is 0 Å². The Balaban J connectivity index is 3.13. The van der Waals surface area contributed by atoms with E-state index in [1.807, 2.05) is 13.0 Å². The van der Waals surface area contributed by atoms with Crippen LogP contribution < -0.4 is 4.91 Å². The van der Waals surface area contributed by atoms with Crippen molar-refractivity contribution in [3.8, 4) is 0 Å². The summed E-state index contributed by atoms with van der Waals surface area (Å²) in [5, 5.41) is 0. The number of hydrogen-bond donors (Lipinski definition) is 1. The maximum atomic E-state index is 5.50. The summed E-state index contributed by atoms with van der Waals surface area (Å²) in [5.74, 6) is 0.575. The lowest BCUT2D eigenvalue weighted by Crippen LogP contribution is -1.96. The number of hydrogen-bond acceptors (Lipinski definition) is 4. The van der Waals surface area contributed by atoms with Gasteiger partial charge in [0, 0.05) is 4.91 Å². The van der Waals surface area contributed by atoms with Gasteiger partial charge in [-0.3, -0.25) is 0 Å². The normalized spacial score (nSPS) is 11.7. The average Bonchev–Trinajstić information content (AvgIpc) is 2.29. The molecule has 0 aliphatic carbocycles. The van der Waals surface area contributed by atoms with Crippen molar-refractivity contribution in [1.29, 1.82) is 0 Å². The van der Waals surface area contributed by atoms with E-state index in [9.17, 15) is 0 Å². The Morgan fingerprint density at radius 3 is 3.00 bits per heavy atom. The molecule has 12 heavy (non-hydrogen) atoms. The number of thiol groups is 1. The molecule has 5 heteroatoms. The molecule has 0 bridgehead atoms. The van der Waals surface area contributed by atoms with Crippen LogP contribution in [0.3, 0.4) is 0 Å². The lowest BCUT2D eigenvalue weighted by Gasteiger charge is -1.88. The van der Waals surface area contributed by atoms with Crippen molar-refractivity contribution < 1.29 is 0 Å². The predicted molar refractivity (Wildman–Crippen MR) is 59.3 cm³/mol. The minimum atomic E-state index is 0.498. The van der Waals surface area contributed by atoms with Crippen LogP contribution in [-0.2, 0) is 0 Å². The van der Waals surface area contributed by atoms with Gasteiger partial charge < -0.3 is 0 Å². The third-order valence-corrected chi connectivity index (χ3v) is 2.09. The second kappa shape index (κ2) is 3.91. The topological polar surface area (TPSA) is 25.2 Å². The lowest BCUT2D eigenvalue weighted by atomic mass is 10.2. The molecule has 0 aliphatic rings. The molecule has 1 heterocycles. The van der Waals surface area contributed by atoms with E-state index in [2.05, 4.69) is 29.3 Å². The quantitative estimate of drug-likeness (QED) is 0.431. The molecular weight excluding hydrogens is 187 g/mol. The molecule has 2 nitrogen and oxygen atoms in total. The summed E-state index contributed by atoms with van der Waals surface area (Å²) in [4.78, 5) is 9.99. The smallest absolute Gasteiger partial charge is 0.168 e. The maximum Gasteiger partial charge on any atom is 0.168 e. The minimum Gasteiger partial charge on any atom is -0.244 e. The Kier molecular flexibility index (Phi) is 3.11. The van der Waals surface area contributed by atoms with Crippen molar-refractivity contribution in [3.63, 3.8) is 0 Å². The number of aliphatic imine (C=N–C) groups is 1. The van der Waals surface area contributed by atoms with Gasteiger partial charge in [0.15, 0.2) is 13.7 Å². The summed E-state index contributed by atoms with van der Waals surface area (Å²) in [5.41, 5.74) is 0. The fourth-order valence-electron chi connectivity index (χ4n) is 0.738. The first-order valence-corrected chi connectivity index (χ1v) is 4.50. The van der Waals surface area contributed by atoms with Crippen molar-refractivity contribution in [1.82, 2.24) is 4.98 Å². The molecule has 0 spiro atoms. The molecule has 0 aromatic carbocycles. The van der Waals surface area contributed by atoms with Crippen LogP contribution in [0.25, 0.3) is 6.08 Å². The summed E-state index contributed by atoms with van der Waals surface area (Å²) >= 11 is 5.52. The van der Waals surface area contributed by atoms with E-state index in [1.54, 1.807) is 0 Å². The zero-order valence-corrected chi connectivity index (χ0v) is 8.32. The molecule has 0 amide bonds. The third kappa shape index (κ3) is 2.22. The zero-order chi connectivity index (χ0) is 9.14. The van der Waals surface area contributed by atoms with Gasteiger partial charge in [-0.05, 0) is 24.6 Å². The Hall–Kier alpha value is -0.545. The van der Waals surface area contributed by atoms with Gasteiger partial charge in [0.2, 0.25) is 0 Å². The van der Waals surface area contributed by atoms with Gasteiger partial charge in [-0.25, -0.2) is 9.98 Å². The Morgan fingerprint density at radius 1 is 1.83 bits per heavy atom. The second-order valence-corrected chi connectivity index (χ2v) is 3.95. The number of allylic oxidation sites excluding steroid dienone is 1. The number of nitrogens with zero attached hydrogens (tertiary/aromatic N) is 2. The van der Waals surface area contributed by atoms with Crippen LogP contribution in [0.15, 0.2) is 9.90 Å². The molecule has 0 N–H and O–H groups in total. The average molecular weight is 194 g/mol. The van der Waals surface area contributed by atoms with Crippen LogP contribution in [-0.4, -0.2) is 19.5 Å². The van der Waals surface area contributed by atoms with Crippen LogP contribution in [0.1, 0.15) is 11.8 Å². The molecule has 0 unspecified atom stereocenters. The van der Waals surface area contributed by atoms with Crippen LogP contribution in [0.2, 0.25) is 0 Å².